The van der Waals surface area contributed by atoms with Gasteiger partial charge in [-0.2, -0.15) is 4.52 Å². The van der Waals surface area contributed by atoms with Crippen molar-refractivity contribution in [3.63, 3.8) is 0 Å². The third kappa shape index (κ3) is 3.23. The van der Waals surface area contributed by atoms with E-state index in [1.54, 1.807) is 24.3 Å². The average Bonchev–Trinajstić information content (AvgIpc) is 3.26. The lowest BCUT2D eigenvalue weighted by Crippen LogP contribution is -2.37. The molecule has 1 saturated carbocycles. The maximum Gasteiger partial charge on any atom is 0.251 e. The van der Waals surface area contributed by atoms with E-state index in [9.17, 15) is 4.79 Å². The van der Waals surface area contributed by atoms with E-state index in [1.807, 2.05) is 16.6 Å². The summed E-state index contributed by atoms with van der Waals surface area (Å²) in [6.45, 7) is 1.59. The number of fused-ring (bicyclic) bond motifs is 1. The van der Waals surface area contributed by atoms with Crippen LogP contribution in [0.25, 0.3) is 5.65 Å². The van der Waals surface area contributed by atoms with E-state index in [0.29, 0.717) is 16.5 Å². The molecule has 2 aliphatic rings. The number of hydrogen-bond acceptors (Lipinski definition) is 5. The lowest BCUT2D eigenvalue weighted by Gasteiger charge is -2.18. The molecule has 1 N–H and O–H groups in total. The van der Waals surface area contributed by atoms with Crippen LogP contribution in [0.1, 0.15) is 41.4 Å². The van der Waals surface area contributed by atoms with Crippen molar-refractivity contribution in [2.45, 2.75) is 31.2 Å². The fourth-order valence-electron chi connectivity index (χ4n) is 3.52. The number of rotatable bonds is 4. The molecule has 138 valence electrons. The molecule has 0 bridgehead atoms. The van der Waals surface area contributed by atoms with Crippen LogP contribution in [-0.4, -0.2) is 44.8 Å². The normalized spacial score (nSPS) is 19.6. The Morgan fingerprint density at radius 2 is 1.89 bits per heavy atom. The highest BCUT2D eigenvalue weighted by Gasteiger charge is 2.30. The predicted octanol–water partition coefficient (Wildman–Crippen LogP) is 2.66. The standard InChI is InChI=1S/C19H19ClN6O/c20-14-5-3-13(4-6-14)19(27)21-15-9-10-25(11-15)17-8-7-16-22-23-18(12-1-2-12)26(16)24-17/h3-8,12,15H,1-2,9-11H2,(H,21,27). The van der Waals surface area contributed by atoms with Gasteiger partial charge in [0.15, 0.2) is 11.5 Å². The van der Waals surface area contributed by atoms with Gasteiger partial charge in [-0.1, -0.05) is 11.6 Å². The van der Waals surface area contributed by atoms with E-state index in [4.69, 9.17) is 16.7 Å². The van der Waals surface area contributed by atoms with Gasteiger partial charge in [0.1, 0.15) is 5.82 Å². The second-order valence-electron chi connectivity index (χ2n) is 7.21. The number of anilines is 1. The summed E-state index contributed by atoms with van der Waals surface area (Å²) in [7, 11) is 0. The van der Waals surface area contributed by atoms with Crippen LogP contribution < -0.4 is 10.2 Å². The number of carbonyl (C=O) groups is 1. The van der Waals surface area contributed by atoms with E-state index in [2.05, 4.69) is 20.4 Å². The lowest BCUT2D eigenvalue weighted by molar-refractivity contribution is 0.0940. The fourth-order valence-corrected chi connectivity index (χ4v) is 3.64. The number of halogens is 1. The Kier molecular flexibility index (Phi) is 3.97. The van der Waals surface area contributed by atoms with E-state index in [0.717, 1.165) is 49.6 Å². The molecule has 2 aromatic heterocycles. The first kappa shape index (κ1) is 16.5. The first-order chi connectivity index (χ1) is 13.2. The molecule has 1 unspecified atom stereocenters. The van der Waals surface area contributed by atoms with Gasteiger partial charge >= 0.3 is 0 Å². The van der Waals surface area contributed by atoms with Gasteiger partial charge in [-0.3, -0.25) is 4.79 Å². The van der Waals surface area contributed by atoms with Crippen molar-refractivity contribution in [3.05, 3.63) is 52.8 Å². The number of hydrogen-bond donors (Lipinski definition) is 1. The molecular weight excluding hydrogens is 364 g/mol. The summed E-state index contributed by atoms with van der Waals surface area (Å²) >= 11 is 5.89. The molecule has 1 aliphatic carbocycles. The fraction of sp³-hybridized carbons (Fsp3) is 0.368. The predicted molar refractivity (Wildman–Crippen MR) is 102 cm³/mol. The maximum atomic E-state index is 12.4. The molecule has 1 saturated heterocycles. The van der Waals surface area contributed by atoms with Crippen LogP contribution in [0.2, 0.25) is 5.02 Å². The van der Waals surface area contributed by atoms with Gasteiger partial charge in [-0.15, -0.1) is 15.3 Å². The zero-order valence-corrected chi connectivity index (χ0v) is 15.4. The molecule has 0 spiro atoms. The van der Waals surface area contributed by atoms with Crippen molar-refractivity contribution in [2.24, 2.45) is 0 Å². The van der Waals surface area contributed by atoms with Crippen LogP contribution >= 0.6 is 11.6 Å². The van der Waals surface area contributed by atoms with Crippen LogP contribution in [0.5, 0.6) is 0 Å². The number of nitrogens with one attached hydrogen (secondary N) is 1. The van der Waals surface area contributed by atoms with Gasteiger partial charge in [-0.25, -0.2) is 0 Å². The largest absolute Gasteiger partial charge is 0.353 e. The molecule has 1 atom stereocenters. The van der Waals surface area contributed by atoms with Crippen LogP contribution in [0.4, 0.5) is 5.82 Å². The molecule has 1 aliphatic heterocycles. The van der Waals surface area contributed by atoms with Crippen LogP contribution in [0.3, 0.4) is 0 Å². The Morgan fingerprint density at radius 1 is 1.07 bits per heavy atom. The summed E-state index contributed by atoms with van der Waals surface area (Å²) in [6, 6.07) is 11.0. The van der Waals surface area contributed by atoms with Crippen molar-refractivity contribution in [2.75, 3.05) is 18.0 Å². The van der Waals surface area contributed by atoms with Crippen molar-refractivity contribution in [1.82, 2.24) is 25.1 Å². The molecule has 3 heterocycles. The average molecular weight is 383 g/mol. The van der Waals surface area contributed by atoms with Crippen molar-refractivity contribution in [1.29, 1.82) is 0 Å². The number of benzene rings is 1. The lowest BCUT2D eigenvalue weighted by atomic mass is 10.2. The maximum absolute atomic E-state index is 12.4. The third-order valence-corrected chi connectivity index (χ3v) is 5.42. The quantitative estimate of drug-likeness (QED) is 0.750. The van der Waals surface area contributed by atoms with Gasteiger partial charge in [0.25, 0.3) is 5.91 Å². The summed E-state index contributed by atoms with van der Waals surface area (Å²) in [5.74, 6) is 2.27. The molecule has 1 amide bonds. The number of carbonyl (C=O) groups excluding carboxylic acids is 1. The van der Waals surface area contributed by atoms with E-state index >= 15 is 0 Å². The Bertz CT molecular complexity index is 997. The third-order valence-electron chi connectivity index (χ3n) is 5.17. The smallest absolute Gasteiger partial charge is 0.251 e. The molecule has 8 heteroatoms. The second kappa shape index (κ2) is 6.49. The zero-order valence-electron chi connectivity index (χ0n) is 14.7. The number of amides is 1. The van der Waals surface area contributed by atoms with Crippen molar-refractivity contribution >= 4 is 29.0 Å². The van der Waals surface area contributed by atoms with Crippen molar-refractivity contribution in [3.8, 4) is 0 Å². The Labute approximate surface area is 161 Å². The van der Waals surface area contributed by atoms with E-state index < -0.39 is 0 Å². The van der Waals surface area contributed by atoms with Gasteiger partial charge in [0.2, 0.25) is 0 Å². The van der Waals surface area contributed by atoms with Gasteiger partial charge < -0.3 is 10.2 Å². The second-order valence-corrected chi connectivity index (χ2v) is 7.64. The highest BCUT2D eigenvalue weighted by molar-refractivity contribution is 6.30. The Morgan fingerprint density at radius 3 is 2.67 bits per heavy atom. The van der Waals surface area contributed by atoms with Crippen molar-refractivity contribution < 1.29 is 4.79 Å². The van der Waals surface area contributed by atoms with E-state index in [-0.39, 0.29) is 11.9 Å². The summed E-state index contributed by atoms with van der Waals surface area (Å²) in [5.41, 5.74) is 1.41. The SMILES string of the molecule is O=C(NC1CCN(c2ccc3nnc(C4CC4)n3n2)C1)c1ccc(Cl)cc1. The minimum absolute atomic E-state index is 0.0724. The van der Waals surface area contributed by atoms with Crippen LogP contribution in [0, 0.1) is 0 Å². The summed E-state index contributed by atoms with van der Waals surface area (Å²) in [4.78, 5) is 14.6. The Balaban J connectivity index is 1.29. The highest BCUT2D eigenvalue weighted by Crippen LogP contribution is 2.38. The van der Waals surface area contributed by atoms with E-state index in [1.165, 1.54) is 0 Å². The highest BCUT2D eigenvalue weighted by atomic mass is 35.5. The minimum Gasteiger partial charge on any atom is -0.353 e. The minimum atomic E-state index is -0.0724. The molecular formula is C19H19ClN6O. The molecule has 2 fully saturated rings. The van der Waals surface area contributed by atoms with Gasteiger partial charge in [-0.05, 0) is 55.7 Å². The topological polar surface area (TPSA) is 75.4 Å². The van der Waals surface area contributed by atoms with Crippen LogP contribution in [-0.2, 0) is 0 Å². The number of aromatic nitrogens is 4. The molecule has 0 radical (unpaired) electrons. The van der Waals surface area contributed by atoms with Gasteiger partial charge in [0.05, 0.1) is 0 Å². The molecule has 3 aromatic rings. The molecule has 7 nitrogen and oxygen atoms in total. The molecule has 1 aromatic carbocycles. The summed E-state index contributed by atoms with van der Waals surface area (Å²) in [5, 5.41) is 17.0. The number of nitrogens with zero attached hydrogens (tertiary/aromatic N) is 5. The first-order valence-electron chi connectivity index (χ1n) is 9.21. The Hall–Kier alpha value is -2.67. The molecule has 27 heavy (non-hydrogen) atoms. The first-order valence-corrected chi connectivity index (χ1v) is 9.59. The zero-order chi connectivity index (χ0) is 18.4. The van der Waals surface area contributed by atoms with Gasteiger partial charge in [0, 0.05) is 35.6 Å². The summed E-state index contributed by atoms with van der Waals surface area (Å²) in [6.07, 6.45) is 3.21. The summed E-state index contributed by atoms with van der Waals surface area (Å²) < 4.78 is 1.87. The monoisotopic (exact) mass is 382 g/mol. The molecule has 5 rings (SSSR count). The van der Waals surface area contributed by atoms with Crippen LogP contribution in [0.15, 0.2) is 36.4 Å².